The van der Waals surface area contributed by atoms with Crippen molar-refractivity contribution < 1.29 is 19.1 Å². The Balaban J connectivity index is 1.38. The zero-order chi connectivity index (χ0) is 25.5. The van der Waals surface area contributed by atoms with Crippen LogP contribution in [0.3, 0.4) is 0 Å². The van der Waals surface area contributed by atoms with E-state index in [1.54, 1.807) is 17.0 Å². The van der Waals surface area contributed by atoms with Gasteiger partial charge in [0.05, 0.1) is 23.2 Å². The molecule has 1 aliphatic heterocycles. The molecule has 2 amide bonds. The zero-order valence-electron chi connectivity index (χ0n) is 20.4. The maximum absolute atomic E-state index is 12.8. The summed E-state index contributed by atoms with van der Waals surface area (Å²) in [6.45, 7) is 5.05. The van der Waals surface area contributed by atoms with E-state index in [0.717, 1.165) is 17.7 Å². The largest absolute Gasteiger partial charge is 0.490 e. The second-order valence-electron chi connectivity index (χ2n) is 8.53. The second-order valence-corrected chi connectivity index (χ2v) is 8.94. The molecule has 0 radical (unpaired) electrons. The fourth-order valence-corrected chi connectivity index (χ4v) is 4.32. The van der Waals surface area contributed by atoms with Crippen LogP contribution in [0, 0.1) is 5.92 Å². The summed E-state index contributed by atoms with van der Waals surface area (Å²) in [5, 5.41) is 0.353. The van der Waals surface area contributed by atoms with Crippen LogP contribution >= 0.6 is 11.6 Å². The predicted molar refractivity (Wildman–Crippen MR) is 141 cm³/mol. The Morgan fingerprint density at radius 3 is 2.47 bits per heavy atom. The molecule has 1 heterocycles. The standard InChI is InChI=1S/C28H30ClN3O4/c1-3-19-10-12-23(13-11-19)32-17-21(14-26(32)33)28(34)31-30-22-15-24(29)27(25(16-22)35-4-2)36-18-20-8-6-5-7-9-20/h5-13,15-16,21,30H,3-4,14,17-18H2,1-2H3,(H,31,34)/t21-/m0/s1. The van der Waals surface area contributed by atoms with Gasteiger partial charge in [0, 0.05) is 24.7 Å². The number of nitrogens with zero attached hydrogens (tertiary/aromatic N) is 1. The number of nitrogens with one attached hydrogen (secondary N) is 2. The smallest absolute Gasteiger partial charge is 0.243 e. The van der Waals surface area contributed by atoms with Crippen LogP contribution in [0.1, 0.15) is 31.4 Å². The third-order valence-corrected chi connectivity index (χ3v) is 6.30. The van der Waals surface area contributed by atoms with Crippen molar-refractivity contribution in [3.63, 3.8) is 0 Å². The molecule has 0 aliphatic carbocycles. The predicted octanol–water partition coefficient (Wildman–Crippen LogP) is 5.38. The van der Waals surface area contributed by atoms with E-state index in [-0.39, 0.29) is 18.2 Å². The molecule has 0 bridgehead atoms. The minimum absolute atomic E-state index is 0.0685. The first-order valence-corrected chi connectivity index (χ1v) is 12.4. The summed E-state index contributed by atoms with van der Waals surface area (Å²) < 4.78 is 11.7. The Morgan fingerprint density at radius 1 is 1.03 bits per heavy atom. The molecule has 2 N–H and O–H groups in total. The fraction of sp³-hybridized carbons (Fsp3) is 0.286. The SMILES string of the molecule is CCOc1cc(NNC(=O)[C@H]2CC(=O)N(c3ccc(CC)cc3)C2)cc(Cl)c1OCc1ccccc1. The Hall–Kier alpha value is -3.71. The number of aryl methyl sites for hydroxylation is 1. The summed E-state index contributed by atoms with van der Waals surface area (Å²) in [6, 6.07) is 21.0. The molecule has 0 aromatic heterocycles. The molecule has 8 heteroatoms. The van der Waals surface area contributed by atoms with Gasteiger partial charge in [-0.1, -0.05) is 61.0 Å². The first kappa shape index (κ1) is 25.4. The number of carbonyl (C=O) groups is 2. The lowest BCUT2D eigenvalue weighted by molar-refractivity contribution is -0.125. The maximum Gasteiger partial charge on any atom is 0.243 e. The van der Waals surface area contributed by atoms with Crippen LogP contribution in [0.4, 0.5) is 11.4 Å². The molecule has 3 aromatic carbocycles. The van der Waals surface area contributed by atoms with Crippen LogP contribution in [0.25, 0.3) is 0 Å². The van der Waals surface area contributed by atoms with Crippen molar-refractivity contribution in [3.05, 3.63) is 82.9 Å². The van der Waals surface area contributed by atoms with Gasteiger partial charge in [-0.15, -0.1) is 0 Å². The van der Waals surface area contributed by atoms with Gasteiger partial charge in [-0.05, 0) is 42.7 Å². The summed E-state index contributed by atoms with van der Waals surface area (Å²) in [5.74, 6) is 0.0995. The van der Waals surface area contributed by atoms with E-state index in [4.69, 9.17) is 21.1 Å². The monoisotopic (exact) mass is 507 g/mol. The minimum Gasteiger partial charge on any atom is -0.490 e. The van der Waals surface area contributed by atoms with Crippen molar-refractivity contribution in [2.45, 2.75) is 33.3 Å². The van der Waals surface area contributed by atoms with Gasteiger partial charge in [0.2, 0.25) is 11.8 Å². The number of ether oxygens (including phenoxy) is 2. The van der Waals surface area contributed by atoms with Crippen LogP contribution in [0.15, 0.2) is 66.7 Å². The number of anilines is 2. The van der Waals surface area contributed by atoms with E-state index in [9.17, 15) is 9.59 Å². The van der Waals surface area contributed by atoms with Gasteiger partial charge in [0.1, 0.15) is 6.61 Å². The van der Waals surface area contributed by atoms with E-state index in [1.165, 1.54) is 5.56 Å². The van der Waals surface area contributed by atoms with E-state index < -0.39 is 5.92 Å². The number of amides is 2. The summed E-state index contributed by atoms with van der Waals surface area (Å²) in [6.07, 6.45) is 1.08. The molecule has 1 atom stereocenters. The van der Waals surface area contributed by atoms with Crippen LogP contribution in [-0.2, 0) is 22.6 Å². The molecule has 1 aliphatic rings. The van der Waals surface area contributed by atoms with Crippen LogP contribution in [0.2, 0.25) is 5.02 Å². The Morgan fingerprint density at radius 2 is 1.78 bits per heavy atom. The number of carbonyl (C=O) groups excluding carboxylic acids is 2. The van der Waals surface area contributed by atoms with E-state index in [0.29, 0.717) is 42.0 Å². The Bertz CT molecular complexity index is 1200. The molecular weight excluding hydrogens is 478 g/mol. The van der Waals surface area contributed by atoms with Gasteiger partial charge in [0.15, 0.2) is 11.5 Å². The lowest BCUT2D eigenvalue weighted by Gasteiger charge is -2.18. The van der Waals surface area contributed by atoms with E-state index >= 15 is 0 Å². The first-order chi connectivity index (χ1) is 17.5. The highest BCUT2D eigenvalue weighted by molar-refractivity contribution is 6.32. The summed E-state index contributed by atoms with van der Waals surface area (Å²) >= 11 is 6.50. The molecule has 1 fully saturated rings. The van der Waals surface area contributed by atoms with Crippen molar-refractivity contribution in [1.29, 1.82) is 0 Å². The normalized spacial score (nSPS) is 15.0. The maximum atomic E-state index is 12.8. The van der Waals surface area contributed by atoms with E-state index in [2.05, 4.69) is 17.8 Å². The molecule has 4 rings (SSSR count). The number of hydrazine groups is 1. The lowest BCUT2D eigenvalue weighted by atomic mass is 10.1. The van der Waals surface area contributed by atoms with Gasteiger partial charge in [-0.25, -0.2) is 0 Å². The van der Waals surface area contributed by atoms with Crippen molar-refractivity contribution in [2.75, 3.05) is 23.5 Å². The highest BCUT2D eigenvalue weighted by Crippen LogP contribution is 2.39. The van der Waals surface area contributed by atoms with Crippen LogP contribution < -0.4 is 25.2 Å². The van der Waals surface area contributed by atoms with Crippen molar-refractivity contribution in [3.8, 4) is 11.5 Å². The van der Waals surface area contributed by atoms with Crippen molar-refractivity contribution in [1.82, 2.24) is 5.43 Å². The average molecular weight is 508 g/mol. The summed E-state index contributed by atoms with van der Waals surface area (Å²) in [7, 11) is 0. The average Bonchev–Trinajstić information content (AvgIpc) is 3.29. The minimum atomic E-state index is -0.467. The molecular formula is C28H30ClN3O4. The van der Waals surface area contributed by atoms with Gasteiger partial charge in [-0.3, -0.25) is 20.4 Å². The quantitative estimate of drug-likeness (QED) is 0.360. The van der Waals surface area contributed by atoms with Gasteiger partial charge < -0.3 is 14.4 Å². The van der Waals surface area contributed by atoms with Gasteiger partial charge in [0.25, 0.3) is 0 Å². The number of rotatable bonds is 10. The van der Waals surface area contributed by atoms with Crippen LogP contribution in [0.5, 0.6) is 11.5 Å². The Kier molecular flexibility index (Phi) is 8.33. The lowest BCUT2D eigenvalue weighted by Crippen LogP contribution is -2.36. The third-order valence-electron chi connectivity index (χ3n) is 6.02. The highest BCUT2D eigenvalue weighted by Gasteiger charge is 2.35. The summed E-state index contributed by atoms with van der Waals surface area (Å²) in [4.78, 5) is 27.0. The van der Waals surface area contributed by atoms with E-state index in [1.807, 2.05) is 61.5 Å². The molecule has 0 unspecified atom stereocenters. The molecule has 7 nitrogen and oxygen atoms in total. The van der Waals surface area contributed by atoms with Gasteiger partial charge in [-0.2, -0.15) is 0 Å². The molecule has 36 heavy (non-hydrogen) atoms. The number of halogens is 1. The molecule has 3 aromatic rings. The third kappa shape index (κ3) is 6.10. The molecule has 1 saturated heterocycles. The van der Waals surface area contributed by atoms with Crippen molar-refractivity contribution in [2.24, 2.45) is 5.92 Å². The topological polar surface area (TPSA) is 79.9 Å². The number of hydrogen-bond acceptors (Lipinski definition) is 5. The second kappa shape index (κ2) is 11.8. The van der Waals surface area contributed by atoms with Crippen molar-refractivity contribution >= 4 is 34.8 Å². The fourth-order valence-electron chi connectivity index (χ4n) is 4.05. The highest BCUT2D eigenvalue weighted by atomic mass is 35.5. The van der Waals surface area contributed by atoms with Gasteiger partial charge >= 0.3 is 0 Å². The van der Waals surface area contributed by atoms with Crippen LogP contribution in [-0.4, -0.2) is 25.0 Å². The summed E-state index contributed by atoms with van der Waals surface area (Å²) in [5.41, 5.74) is 9.15. The Labute approximate surface area is 216 Å². The number of benzene rings is 3. The first-order valence-electron chi connectivity index (χ1n) is 12.1. The molecule has 0 saturated carbocycles. The molecule has 188 valence electrons. The number of hydrogen-bond donors (Lipinski definition) is 2. The zero-order valence-corrected chi connectivity index (χ0v) is 21.2. The molecule has 0 spiro atoms.